The Kier molecular flexibility index (Phi) is 12.4. The van der Waals surface area contributed by atoms with Crippen molar-refractivity contribution in [2.24, 2.45) is 0 Å². The molecule has 0 amide bonds. The standard InChI is InChI=1S/C25H45ClNO/c1-5-8-17-25(18-9-6-2,19-10-7-3)27(4,22-24(28)21-26)20-16-23-14-12-11-13-15-23/h11-15,24,28H,5-10,16-22H2,1-4H3/q+1. The lowest BCUT2D eigenvalue weighted by atomic mass is 9.78. The molecule has 162 valence electrons. The van der Waals surface area contributed by atoms with E-state index < -0.39 is 6.10 Å². The van der Waals surface area contributed by atoms with Crippen LogP contribution >= 0.6 is 11.6 Å². The monoisotopic (exact) mass is 410 g/mol. The van der Waals surface area contributed by atoms with E-state index in [1.807, 2.05) is 0 Å². The van der Waals surface area contributed by atoms with Crippen LogP contribution in [0.4, 0.5) is 0 Å². The van der Waals surface area contributed by atoms with Gasteiger partial charge in [-0.2, -0.15) is 0 Å². The Bertz CT molecular complexity index is 485. The molecular weight excluding hydrogens is 366 g/mol. The van der Waals surface area contributed by atoms with Gasteiger partial charge < -0.3 is 9.59 Å². The van der Waals surface area contributed by atoms with E-state index in [9.17, 15) is 5.11 Å². The Morgan fingerprint density at radius 2 is 1.43 bits per heavy atom. The number of aliphatic hydroxyl groups is 1. The zero-order valence-corrected chi connectivity index (χ0v) is 19.7. The number of nitrogens with zero attached hydrogens (tertiary/aromatic N) is 1. The third-order valence-electron chi connectivity index (χ3n) is 6.66. The van der Waals surface area contributed by atoms with E-state index in [1.165, 1.54) is 63.4 Å². The molecule has 2 nitrogen and oxygen atoms in total. The van der Waals surface area contributed by atoms with Crippen molar-refractivity contribution < 1.29 is 9.59 Å². The van der Waals surface area contributed by atoms with Gasteiger partial charge in [0.15, 0.2) is 0 Å². The summed E-state index contributed by atoms with van der Waals surface area (Å²) in [5, 5.41) is 10.6. The lowest BCUT2D eigenvalue weighted by Gasteiger charge is -2.53. The first-order valence-corrected chi connectivity index (χ1v) is 12.1. The number of quaternary nitrogens is 1. The number of aliphatic hydroxyl groups excluding tert-OH is 1. The summed E-state index contributed by atoms with van der Waals surface area (Å²) in [4.78, 5) is 0. The molecule has 0 spiro atoms. The topological polar surface area (TPSA) is 20.2 Å². The zero-order valence-electron chi connectivity index (χ0n) is 18.9. The third kappa shape index (κ3) is 7.69. The SMILES string of the molecule is CCCCC(CCCC)(CCCC)[N+](C)(CCc1ccccc1)CC(O)CCl. The van der Waals surface area contributed by atoms with Crippen molar-refractivity contribution in [3.8, 4) is 0 Å². The average Bonchev–Trinajstić information content (AvgIpc) is 2.72. The maximum Gasteiger partial charge on any atom is 0.116 e. The van der Waals surface area contributed by atoms with Crippen molar-refractivity contribution in [2.75, 3.05) is 26.0 Å². The summed E-state index contributed by atoms with van der Waals surface area (Å²) >= 11 is 6.08. The van der Waals surface area contributed by atoms with E-state index in [-0.39, 0.29) is 5.54 Å². The van der Waals surface area contributed by atoms with Gasteiger partial charge in [-0.25, -0.2) is 0 Å². The van der Waals surface area contributed by atoms with Gasteiger partial charge in [0.2, 0.25) is 0 Å². The first-order valence-electron chi connectivity index (χ1n) is 11.6. The second kappa shape index (κ2) is 13.6. The minimum Gasteiger partial charge on any atom is -0.386 e. The lowest BCUT2D eigenvalue weighted by molar-refractivity contribution is -0.963. The van der Waals surface area contributed by atoms with Crippen LogP contribution < -0.4 is 0 Å². The maximum atomic E-state index is 10.6. The number of unbranched alkanes of at least 4 members (excludes halogenated alkanes) is 3. The molecule has 3 heteroatoms. The van der Waals surface area contributed by atoms with Crippen LogP contribution in [0.15, 0.2) is 30.3 Å². The van der Waals surface area contributed by atoms with E-state index in [0.717, 1.165) is 24.0 Å². The van der Waals surface area contributed by atoms with Crippen LogP contribution in [0, 0.1) is 0 Å². The van der Waals surface area contributed by atoms with Crippen LogP contribution in [0.3, 0.4) is 0 Å². The van der Waals surface area contributed by atoms with Gasteiger partial charge in [-0.15, -0.1) is 11.6 Å². The third-order valence-corrected chi connectivity index (χ3v) is 7.02. The van der Waals surface area contributed by atoms with Crippen molar-refractivity contribution in [2.45, 2.75) is 96.6 Å². The van der Waals surface area contributed by atoms with Gasteiger partial charge in [-0.05, 0) is 24.8 Å². The zero-order chi connectivity index (χ0) is 20.9. The van der Waals surface area contributed by atoms with Crippen molar-refractivity contribution >= 4 is 11.6 Å². The number of alkyl halides is 1. The lowest BCUT2D eigenvalue weighted by Crippen LogP contribution is -2.65. The predicted octanol–water partition coefficient (Wildman–Crippen LogP) is 6.58. The quantitative estimate of drug-likeness (QED) is 0.241. The first kappa shape index (κ1) is 25.5. The molecule has 0 aliphatic heterocycles. The number of benzene rings is 1. The molecule has 0 aromatic heterocycles. The average molecular weight is 411 g/mol. The summed E-state index contributed by atoms with van der Waals surface area (Å²) in [7, 11) is 2.40. The van der Waals surface area contributed by atoms with E-state index >= 15 is 0 Å². The van der Waals surface area contributed by atoms with E-state index in [2.05, 4.69) is 58.2 Å². The van der Waals surface area contributed by atoms with E-state index in [1.54, 1.807) is 0 Å². The van der Waals surface area contributed by atoms with Crippen molar-refractivity contribution in [1.29, 1.82) is 0 Å². The molecule has 28 heavy (non-hydrogen) atoms. The maximum absolute atomic E-state index is 10.6. The van der Waals surface area contributed by atoms with Gasteiger partial charge in [0.05, 0.1) is 25.0 Å². The molecule has 0 radical (unpaired) electrons. The normalized spacial score (nSPS) is 15.4. The largest absolute Gasteiger partial charge is 0.386 e. The predicted molar refractivity (Wildman–Crippen MR) is 124 cm³/mol. The number of likely N-dealkylation sites (N-methyl/N-ethyl adjacent to an activating group) is 1. The minimum absolute atomic E-state index is 0.240. The Labute approximate surface area is 179 Å². The van der Waals surface area contributed by atoms with E-state index in [0.29, 0.717) is 5.88 Å². The Morgan fingerprint density at radius 1 is 0.929 bits per heavy atom. The number of hydrogen-bond donors (Lipinski definition) is 1. The molecule has 0 fully saturated rings. The summed E-state index contributed by atoms with van der Waals surface area (Å²) in [6, 6.07) is 10.8. The van der Waals surface area contributed by atoms with Crippen LogP contribution in [-0.2, 0) is 6.42 Å². The highest BCUT2D eigenvalue weighted by Crippen LogP contribution is 2.39. The van der Waals surface area contributed by atoms with Gasteiger partial charge in [0, 0.05) is 25.7 Å². The second-order valence-electron chi connectivity index (χ2n) is 8.88. The van der Waals surface area contributed by atoms with Gasteiger partial charge >= 0.3 is 0 Å². The molecule has 2 unspecified atom stereocenters. The summed E-state index contributed by atoms with van der Waals surface area (Å²) in [6.07, 6.45) is 11.9. The molecule has 1 N–H and O–H groups in total. The van der Waals surface area contributed by atoms with Crippen molar-refractivity contribution in [3.63, 3.8) is 0 Å². The van der Waals surface area contributed by atoms with Gasteiger partial charge in [0.25, 0.3) is 0 Å². The summed E-state index contributed by atoms with van der Waals surface area (Å²) in [5.41, 5.74) is 1.63. The fourth-order valence-corrected chi connectivity index (χ4v) is 4.86. The van der Waals surface area contributed by atoms with Crippen molar-refractivity contribution in [3.05, 3.63) is 35.9 Å². The minimum atomic E-state index is -0.438. The first-order chi connectivity index (χ1) is 13.5. The molecule has 0 heterocycles. The Balaban J connectivity index is 3.22. The highest BCUT2D eigenvalue weighted by Gasteiger charge is 2.47. The fourth-order valence-electron chi connectivity index (χ4n) is 4.76. The fraction of sp³-hybridized carbons (Fsp3) is 0.760. The molecular formula is C25H45ClNO+. The van der Waals surface area contributed by atoms with Crippen LogP contribution in [0.2, 0.25) is 0 Å². The van der Waals surface area contributed by atoms with Crippen LogP contribution in [0.1, 0.15) is 84.1 Å². The summed E-state index contributed by atoms with van der Waals surface area (Å²) < 4.78 is 0.940. The highest BCUT2D eigenvalue weighted by molar-refractivity contribution is 6.18. The number of rotatable bonds is 16. The van der Waals surface area contributed by atoms with Gasteiger partial charge in [-0.3, -0.25) is 0 Å². The molecule has 2 atom stereocenters. The Morgan fingerprint density at radius 3 is 1.86 bits per heavy atom. The van der Waals surface area contributed by atoms with Crippen LogP contribution in [-0.4, -0.2) is 47.2 Å². The molecule has 0 saturated heterocycles. The molecule has 0 aliphatic rings. The van der Waals surface area contributed by atoms with Crippen LogP contribution in [0.5, 0.6) is 0 Å². The van der Waals surface area contributed by atoms with Gasteiger partial charge in [0.1, 0.15) is 12.6 Å². The van der Waals surface area contributed by atoms with Crippen LogP contribution in [0.25, 0.3) is 0 Å². The smallest absolute Gasteiger partial charge is 0.116 e. The number of halogens is 1. The highest BCUT2D eigenvalue weighted by atomic mass is 35.5. The molecule has 0 bridgehead atoms. The van der Waals surface area contributed by atoms with E-state index in [4.69, 9.17) is 11.6 Å². The summed E-state index contributed by atoms with van der Waals surface area (Å²) in [6.45, 7) is 8.72. The molecule has 1 aromatic carbocycles. The van der Waals surface area contributed by atoms with Crippen molar-refractivity contribution in [1.82, 2.24) is 0 Å². The molecule has 0 saturated carbocycles. The number of hydrogen-bond acceptors (Lipinski definition) is 1. The molecule has 0 aliphatic carbocycles. The molecule has 1 aromatic rings. The second-order valence-corrected chi connectivity index (χ2v) is 9.19. The summed E-state index contributed by atoms with van der Waals surface area (Å²) in [5.74, 6) is 0.324. The van der Waals surface area contributed by atoms with Gasteiger partial charge in [-0.1, -0.05) is 70.4 Å². The Hall–Kier alpha value is -0.570. The molecule has 1 rings (SSSR count).